The number of fused-ring (bicyclic) bond motifs is 5. The summed E-state index contributed by atoms with van der Waals surface area (Å²) < 4.78 is 10.9. The van der Waals surface area contributed by atoms with Gasteiger partial charge in [0.1, 0.15) is 0 Å². The number of carbonyl (C=O) groups is 4. The Bertz CT molecular complexity index is 1310. The molecule has 6 rings (SSSR count). The lowest BCUT2D eigenvalue weighted by Crippen LogP contribution is -2.74. The smallest absolute Gasteiger partial charge is 0.328 e. The van der Waals surface area contributed by atoms with Crippen molar-refractivity contribution in [1.29, 1.82) is 0 Å². The molecule has 2 aromatic carbocycles. The highest BCUT2D eigenvalue weighted by atomic mass is 16.7. The Morgan fingerprint density at radius 3 is 2.62 bits per heavy atom. The lowest BCUT2D eigenvalue weighted by atomic mass is 9.68. The van der Waals surface area contributed by atoms with E-state index in [0.29, 0.717) is 49.8 Å². The second kappa shape index (κ2) is 8.77. The van der Waals surface area contributed by atoms with E-state index in [1.54, 1.807) is 6.92 Å². The highest BCUT2D eigenvalue weighted by molar-refractivity contribution is 6.20. The molecule has 5 amide bonds. The molecule has 0 bridgehead atoms. The number of piperazine rings is 1. The van der Waals surface area contributed by atoms with Crippen LogP contribution in [-0.4, -0.2) is 61.1 Å². The van der Waals surface area contributed by atoms with Crippen LogP contribution in [0.15, 0.2) is 36.4 Å². The Morgan fingerprint density at radius 1 is 1.05 bits per heavy atom. The molecule has 1 atom stereocenters. The number of hydrogen-bond acceptors (Lipinski definition) is 8. The number of nitrogens with zero attached hydrogens (tertiary/aromatic N) is 2. The summed E-state index contributed by atoms with van der Waals surface area (Å²) in [6.07, 6.45) is 0.448. The fourth-order valence-corrected chi connectivity index (χ4v) is 5.77. The fourth-order valence-electron chi connectivity index (χ4n) is 5.77. The molecule has 1 spiro atoms. The van der Waals surface area contributed by atoms with E-state index in [0.717, 1.165) is 16.8 Å². The van der Waals surface area contributed by atoms with Gasteiger partial charge in [0.15, 0.2) is 16.9 Å². The van der Waals surface area contributed by atoms with E-state index in [-0.39, 0.29) is 19.1 Å². The number of urea groups is 1. The first-order chi connectivity index (χ1) is 17.9. The highest BCUT2D eigenvalue weighted by Crippen LogP contribution is 2.45. The van der Waals surface area contributed by atoms with Crippen LogP contribution in [0.1, 0.15) is 24.5 Å². The number of benzene rings is 2. The number of ether oxygens (including phenoxy) is 2. The molecule has 2 fully saturated rings. The van der Waals surface area contributed by atoms with Gasteiger partial charge in [-0.15, -0.1) is 0 Å². The first-order valence-electron chi connectivity index (χ1n) is 12.3. The Hall–Kier alpha value is -4.12. The number of barbiturate groups is 1. The average molecular weight is 506 g/mol. The maximum absolute atomic E-state index is 13.4. The summed E-state index contributed by atoms with van der Waals surface area (Å²) in [6.45, 7) is 4.31. The van der Waals surface area contributed by atoms with Crippen molar-refractivity contribution in [3.05, 3.63) is 47.5 Å². The minimum absolute atomic E-state index is 0.113. The maximum Gasteiger partial charge on any atom is 0.328 e. The Balaban J connectivity index is 1.34. The number of anilines is 2. The minimum Gasteiger partial charge on any atom is -0.454 e. The lowest BCUT2D eigenvalue weighted by molar-refractivity contribution is -0.147. The molecule has 2 aromatic rings. The zero-order chi connectivity index (χ0) is 25.7. The van der Waals surface area contributed by atoms with Gasteiger partial charge in [-0.3, -0.25) is 29.9 Å². The highest BCUT2D eigenvalue weighted by Gasteiger charge is 2.60. The second-order valence-electron chi connectivity index (χ2n) is 9.76. The van der Waals surface area contributed by atoms with Crippen LogP contribution in [0.2, 0.25) is 0 Å². The maximum atomic E-state index is 13.4. The Kier molecular flexibility index (Phi) is 5.52. The van der Waals surface area contributed by atoms with Gasteiger partial charge in [0.2, 0.25) is 24.5 Å². The van der Waals surface area contributed by atoms with Crippen LogP contribution in [-0.2, 0) is 27.3 Å². The van der Waals surface area contributed by atoms with E-state index in [1.807, 2.05) is 36.4 Å². The molecule has 0 aliphatic carbocycles. The molecule has 3 N–H and O–H groups in total. The molecule has 37 heavy (non-hydrogen) atoms. The molecule has 0 radical (unpaired) electrons. The van der Waals surface area contributed by atoms with Crippen molar-refractivity contribution in [2.75, 3.05) is 36.6 Å². The van der Waals surface area contributed by atoms with Gasteiger partial charge in [-0.25, -0.2) is 4.79 Å². The molecule has 4 aliphatic heterocycles. The van der Waals surface area contributed by atoms with Crippen LogP contribution < -0.4 is 30.3 Å². The molecule has 11 heteroatoms. The average Bonchev–Trinajstić information content (AvgIpc) is 3.35. The fraction of sp³-hybridized carbons (Fsp3) is 0.385. The standard InChI is InChI=1S/C26H27N5O6/c1-2-22(32)27-17-4-5-18-16(10-17)11-26(23(33)28-25(35)29-24(26)34)21-13-30(7-8-31(18)21)12-15-3-6-19-20(9-15)37-14-36-19/h3-6,9-10,21H,2,7-8,11-14H2,1H3,(H,27,32)(H2,28,29,33,34,35)/t21-/m1/s1. The molecule has 0 unspecified atom stereocenters. The molecule has 4 heterocycles. The molecule has 2 saturated heterocycles. The summed E-state index contributed by atoms with van der Waals surface area (Å²) in [5, 5.41) is 7.50. The van der Waals surface area contributed by atoms with E-state index in [1.165, 1.54) is 0 Å². The molecule has 4 aliphatic rings. The van der Waals surface area contributed by atoms with E-state index in [2.05, 4.69) is 25.8 Å². The third kappa shape index (κ3) is 3.86. The number of amides is 5. The summed E-state index contributed by atoms with van der Waals surface area (Å²) in [7, 11) is 0. The predicted molar refractivity (Wildman–Crippen MR) is 132 cm³/mol. The second-order valence-corrected chi connectivity index (χ2v) is 9.76. The molecule has 0 aromatic heterocycles. The van der Waals surface area contributed by atoms with Crippen molar-refractivity contribution in [2.24, 2.45) is 5.41 Å². The van der Waals surface area contributed by atoms with E-state index in [4.69, 9.17) is 9.47 Å². The van der Waals surface area contributed by atoms with Crippen LogP contribution in [0.25, 0.3) is 0 Å². The van der Waals surface area contributed by atoms with E-state index in [9.17, 15) is 19.2 Å². The van der Waals surface area contributed by atoms with Crippen molar-refractivity contribution in [3.63, 3.8) is 0 Å². The normalized spacial score (nSPS) is 21.7. The lowest BCUT2D eigenvalue weighted by Gasteiger charge is -2.54. The van der Waals surface area contributed by atoms with Crippen molar-refractivity contribution in [3.8, 4) is 11.5 Å². The first-order valence-corrected chi connectivity index (χ1v) is 12.3. The van der Waals surface area contributed by atoms with Gasteiger partial charge in [0.05, 0.1) is 6.04 Å². The van der Waals surface area contributed by atoms with Gasteiger partial charge in [-0.05, 0) is 47.9 Å². The SMILES string of the molecule is CCC(=O)Nc1ccc2c(c1)CC1(C(=O)NC(=O)NC1=O)[C@H]1CN(Cc3ccc4c(c3)OCO4)CCN21. The van der Waals surface area contributed by atoms with E-state index < -0.39 is 29.3 Å². The van der Waals surface area contributed by atoms with Gasteiger partial charge < -0.3 is 19.7 Å². The summed E-state index contributed by atoms with van der Waals surface area (Å²) >= 11 is 0. The zero-order valence-corrected chi connectivity index (χ0v) is 20.3. The number of carbonyl (C=O) groups excluding carboxylic acids is 4. The molecule has 192 valence electrons. The van der Waals surface area contributed by atoms with Gasteiger partial charge in [-0.1, -0.05) is 13.0 Å². The monoisotopic (exact) mass is 505 g/mol. The van der Waals surface area contributed by atoms with Crippen LogP contribution in [0, 0.1) is 5.41 Å². The third-order valence-corrected chi connectivity index (χ3v) is 7.60. The van der Waals surface area contributed by atoms with E-state index >= 15 is 0 Å². The summed E-state index contributed by atoms with van der Waals surface area (Å²) in [5.74, 6) is 0.0877. The quantitative estimate of drug-likeness (QED) is 0.532. The van der Waals surface area contributed by atoms with Crippen LogP contribution in [0.5, 0.6) is 11.5 Å². The van der Waals surface area contributed by atoms with Crippen molar-refractivity contribution < 1.29 is 28.7 Å². The van der Waals surface area contributed by atoms with Gasteiger partial charge >= 0.3 is 6.03 Å². The Morgan fingerprint density at radius 2 is 1.84 bits per heavy atom. The van der Waals surface area contributed by atoms with Crippen LogP contribution in [0.4, 0.5) is 16.2 Å². The first kappa shape index (κ1) is 23.3. The third-order valence-electron chi connectivity index (χ3n) is 7.60. The number of rotatable bonds is 4. The summed E-state index contributed by atoms with van der Waals surface area (Å²) in [4.78, 5) is 55.1. The van der Waals surface area contributed by atoms with Crippen molar-refractivity contribution >= 4 is 35.1 Å². The topological polar surface area (TPSA) is 129 Å². The number of imide groups is 2. The Labute approximate surface area is 213 Å². The minimum atomic E-state index is -1.50. The molecular formula is C26H27N5O6. The predicted octanol–water partition coefficient (Wildman–Crippen LogP) is 1.36. The van der Waals surface area contributed by atoms with Crippen LogP contribution >= 0.6 is 0 Å². The largest absolute Gasteiger partial charge is 0.454 e. The summed E-state index contributed by atoms with van der Waals surface area (Å²) in [6, 6.07) is 10.1. The van der Waals surface area contributed by atoms with Gasteiger partial charge in [-0.2, -0.15) is 0 Å². The summed E-state index contributed by atoms with van der Waals surface area (Å²) in [5.41, 5.74) is 1.83. The van der Waals surface area contributed by atoms with Gasteiger partial charge in [0, 0.05) is 44.0 Å². The molecule has 0 saturated carbocycles. The zero-order valence-electron chi connectivity index (χ0n) is 20.3. The van der Waals surface area contributed by atoms with Crippen molar-refractivity contribution in [2.45, 2.75) is 32.4 Å². The number of nitrogens with one attached hydrogen (secondary N) is 3. The molecule has 11 nitrogen and oxygen atoms in total. The number of hydrogen-bond donors (Lipinski definition) is 3. The van der Waals surface area contributed by atoms with Crippen LogP contribution in [0.3, 0.4) is 0 Å². The van der Waals surface area contributed by atoms with Gasteiger partial charge in [0.25, 0.3) is 0 Å². The van der Waals surface area contributed by atoms with Crippen molar-refractivity contribution in [1.82, 2.24) is 15.5 Å². The molecular weight excluding hydrogens is 478 g/mol.